The molecule has 0 fully saturated rings. The second kappa shape index (κ2) is 7.19. The zero-order valence-electron chi connectivity index (χ0n) is 13.6. The number of thiazole rings is 1. The van der Waals surface area contributed by atoms with Gasteiger partial charge < -0.3 is 10.2 Å². The van der Waals surface area contributed by atoms with Crippen LogP contribution < -0.4 is 5.43 Å². The van der Waals surface area contributed by atoms with Crippen LogP contribution in [0.4, 0.5) is 10.8 Å². The van der Waals surface area contributed by atoms with E-state index in [1.807, 2.05) is 5.38 Å². The van der Waals surface area contributed by atoms with Crippen LogP contribution in [-0.4, -0.2) is 25.8 Å². The summed E-state index contributed by atoms with van der Waals surface area (Å²) >= 11 is 1.33. The number of rotatable bonds is 5. The lowest BCUT2D eigenvalue weighted by Crippen LogP contribution is -2.00. The van der Waals surface area contributed by atoms with Crippen molar-refractivity contribution in [3.63, 3.8) is 0 Å². The van der Waals surface area contributed by atoms with Crippen molar-refractivity contribution in [2.45, 2.75) is 6.92 Å². The van der Waals surface area contributed by atoms with Gasteiger partial charge in [-0.25, -0.2) is 4.98 Å². The first-order valence-electron chi connectivity index (χ1n) is 7.47. The Morgan fingerprint density at radius 1 is 1.23 bits per heavy atom. The Hall–Kier alpha value is -3.46. The van der Waals surface area contributed by atoms with Crippen LogP contribution in [0, 0.1) is 10.1 Å². The number of nitrogens with zero attached hydrogens (tertiary/aromatic N) is 3. The van der Waals surface area contributed by atoms with Crippen molar-refractivity contribution in [1.29, 1.82) is 0 Å². The Labute approximate surface area is 152 Å². The summed E-state index contributed by atoms with van der Waals surface area (Å²) in [7, 11) is 0. The van der Waals surface area contributed by atoms with E-state index in [1.54, 1.807) is 25.1 Å². The summed E-state index contributed by atoms with van der Waals surface area (Å²) in [5, 5.41) is 36.4. The number of nitro benzene ring substituents is 1. The molecule has 132 valence electrons. The molecule has 1 heterocycles. The molecule has 2 aromatic carbocycles. The van der Waals surface area contributed by atoms with Crippen LogP contribution in [0.1, 0.15) is 12.5 Å². The normalized spacial score (nSPS) is 11.3. The van der Waals surface area contributed by atoms with Crippen LogP contribution in [-0.2, 0) is 0 Å². The standard InChI is InChI=1S/C17H14N4O4S/c1-10(14-7-6-13(22)8-16(14)23)19-20-17-18-15(9-26-17)11-2-4-12(5-3-11)21(24)25/h2-9,22-23H,1H3,(H,18,20)/b19-10-. The lowest BCUT2D eigenvalue weighted by molar-refractivity contribution is -0.384. The third-order valence-corrected chi connectivity index (χ3v) is 4.32. The Morgan fingerprint density at radius 3 is 2.62 bits per heavy atom. The van der Waals surface area contributed by atoms with Gasteiger partial charge in [-0.3, -0.25) is 15.5 Å². The maximum absolute atomic E-state index is 10.7. The minimum absolute atomic E-state index is 0.0243. The van der Waals surface area contributed by atoms with E-state index in [1.165, 1.54) is 35.6 Å². The van der Waals surface area contributed by atoms with E-state index in [4.69, 9.17) is 0 Å². The van der Waals surface area contributed by atoms with Gasteiger partial charge in [-0.2, -0.15) is 5.10 Å². The lowest BCUT2D eigenvalue weighted by Gasteiger charge is -2.04. The van der Waals surface area contributed by atoms with Gasteiger partial charge in [0.2, 0.25) is 5.13 Å². The number of aromatic nitrogens is 1. The molecule has 3 rings (SSSR count). The van der Waals surface area contributed by atoms with E-state index in [0.29, 0.717) is 22.1 Å². The fraction of sp³-hybridized carbons (Fsp3) is 0.0588. The zero-order chi connectivity index (χ0) is 18.7. The Kier molecular flexibility index (Phi) is 4.81. The van der Waals surface area contributed by atoms with Crippen LogP contribution in [0.3, 0.4) is 0 Å². The molecule has 0 atom stereocenters. The van der Waals surface area contributed by atoms with Crippen molar-refractivity contribution in [2.75, 3.05) is 5.43 Å². The number of hydrogen-bond donors (Lipinski definition) is 3. The summed E-state index contributed by atoms with van der Waals surface area (Å²) < 4.78 is 0. The number of hydrogen-bond acceptors (Lipinski definition) is 8. The highest BCUT2D eigenvalue weighted by Gasteiger charge is 2.09. The van der Waals surface area contributed by atoms with Crippen LogP contribution in [0.25, 0.3) is 11.3 Å². The minimum atomic E-state index is -0.450. The van der Waals surface area contributed by atoms with Crippen molar-refractivity contribution in [3.05, 3.63) is 63.5 Å². The topological polar surface area (TPSA) is 121 Å². The average molecular weight is 370 g/mol. The van der Waals surface area contributed by atoms with Crippen molar-refractivity contribution >= 4 is 27.9 Å². The predicted octanol–water partition coefficient (Wildman–Crippen LogP) is 3.97. The number of phenols is 2. The number of non-ortho nitro benzene ring substituents is 1. The molecule has 3 aromatic rings. The van der Waals surface area contributed by atoms with Gasteiger partial charge in [0, 0.05) is 34.7 Å². The monoisotopic (exact) mass is 370 g/mol. The molecule has 0 radical (unpaired) electrons. The van der Waals surface area contributed by atoms with Crippen molar-refractivity contribution in [2.24, 2.45) is 5.10 Å². The number of hydrazone groups is 1. The molecule has 8 nitrogen and oxygen atoms in total. The molecular weight excluding hydrogens is 356 g/mol. The summed E-state index contributed by atoms with van der Waals surface area (Å²) in [6.45, 7) is 1.71. The average Bonchev–Trinajstić information content (AvgIpc) is 3.09. The van der Waals surface area contributed by atoms with Crippen molar-refractivity contribution in [3.8, 4) is 22.8 Å². The Balaban J connectivity index is 1.74. The van der Waals surface area contributed by atoms with E-state index in [9.17, 15) is 20.3 Å². The molecule has 0 amide bonds. The zero-order valence-corrected chi connectivity index (χ0v) is 14.4. The van der Waals surface area contributed by atoms with E-state index >= 15 is 0 Å². The molecule has 0 spiro atoms. The van der Waals surface area contributed by atoms with E-state index in [0.717, 1.165) is 5.56 Å². The second-order valence-corrected chi connectivity index (χ2v) is 6.21. The lowest BCUT2D eigenvalue weighted by atomic mass is 10.1. The molecule has 0 aliphatic rings. The molecule has 1 aromatic heterocycles. The smallest absolute Gasteiger partial charge is 0.269 e. The Morgan fingerprint density at radius 2 is 1.96 bits per heavy atom. The molecule has 0 unspecified atom stereocenters. The highest BCUT2D eigenvalue weighted by atomic mass is 32.1. The Bertz CT molecular complexity index is 983. The van der Waals surface area contributed by atoms with Gasteiger partial charge >= 0.3 is 0 Å². The third-order valence-electron chi connectivity index (χ3n) is 3.57. The van der Waals surface area contributed by atoms with Gasteiger partial charge in [0.05, 0.1) is 16.3 Å². The summed E-state index contributed by atoms with van der Waals surface area (Å²) in [6.07, 6.45) is 0. The predicted molar refractivity (Wildman–Crippen MR) is 99.8 cm³/mol. The molecule has 9 heteroatoms. The first kappa shape index (κ1) is 17.4. The highest BCUT2D eigenvalue weighted by Crippen LogP contribution is 2.27. The third kappa shape index (κ3) is 3.78. The van der Waals surface area contributed by atoms with Gasteiger partial charge in [-0.15, -0.1) is 11.3 Å². The number of aromatic hydroxyl groups is 2. The highest BCUT2D eigenvalue weighted by molar-refractivity contribution is 7.14. The molecule has 0 saturated heterocycles. The SMILES string of the molecule is C/C(=N/Nc1nc(-c2ccc([N+](=O)[O-])cc2)cs1)c1ccc(O)cc1O. The van der Waals surface area contributed by atoms with Gasteiger partial charge in [-0.1, -0.05) is 0 Å². The molecular formula is C17H14N4O4S. The maximum Gasteiger partial charge on any atom is 0.269 e. The number of anilines is 1. The number of benzene rings is 2. The van der Waals surface area contributed by atoms with E-state index in [2.05, 4.69) is 15.5 Å². The largest absolute Gasteiger partial charge is 0.508 e. The molecule has 26 heavy (non-hydrogen) atoms. The summed E-state index contributed by atoms with van der Waals surface area (Å²) in [5.74, 6) is -0.0987. The van der Waals surface area contributed by atoms with Crippen LogP contribution >= 0.6 is 11.3 Å². The van der Waals surface area contributed by atoms with Crippen LogP contribution in [0.5, 0.6) is 11.5 Å². The van der Waals surface area contributed by atoms with E-state index in [-0.39, 0.29) is 17.2 Å². The fourth-order valence-electron chi connectivity index (χ4n) is 2.23. The number of phenolic OH excluding ortho intramolecular Hbond substituents is 2. The first-order valence-corrected chi connectivity index (χ1v) is 8.35. The van der Waals surface area contributed by atoms with Gasteiger partial charge in [0.25, 0.3) is 5.69 Å². The summed E-state index contributed by atoms with van der Waals surface area (Å²) in [5.41, 5.74) is 5.29. The quantitative estimate of drug-likeness (QED) is 0.355. The van der Waals surface area contributed by atoms with Gasteiger partial charge in [-0.05, 0) is 31.2 Å². The van der Waals surface area contributed by atoms with Crippen LogP contribution in [0.2, 0.25) is 0 Å². The first-order chi connectivity index (χ1) is 12.4. The fourth-order valence-corrected chi connectivity index (χ4v) is 2.89. The van der Waals surface area contributed by atoms with Crippen molar-refractivity contribution < 1.29 is 15.1 Å². The molecule has 0 saturated carbocycles. The van der Waals surface area contributed by atoms with Crippen molar-refractivity contribution in [1.82, 2.24) is 4.98 Å². The summed E-state index contributed by atoms with van der Waals surface area (Å²) in [6, 6.07) is 10.4. The molecule has 3 N–H and O–H groups in total. The van der Waals surface area contributed by atoms with Gasteiger partial charge in [0.1, 0.15) is 11.5 Å². The molecule has 0 aliphatic carbocycles. The summed E-state index contributed by atoms with van der Waals surface area (Å²) in [4.78, 5) is 14.6. The van der Waals surface area contributed by atoms with Gasteiger partial charge in [0.15, 0.2) is 0 Å². The molecule has 0 bridgehead atoms. The number of nitro groups is 1. The van der Waals surface area contributed by atoms with E-state index < -0.39 is 4.92 Å². The van der Waals surface area contributed by atoms with Crippen LogP contribution in [0.15, 0.2) is 52.9 Å². The number of nitrogens with one attached hydrogen (secondary N) is 1. The molecule has 0 aliphatic heterocycles. The minimum Gasteiger partial charge on any atom is -0.508 e. The maximum atomic E-state index is 10.7. The second-order valence-electron chi connectivity index (χ2n) is 5.35.